The molecular formula is C11H12ClFN2O5. The second-order valence-electron chi connectivity index (χ2n) is 5.06. The fourth-order valence-electron chi connectivity index (χ4n) is 2.92. The fourth-order valence-corrected chi connectivity index (χ4v) is 3.38. The highest BCUT2D eigenvalue weighted by molar-refractivity contribution is 6.22. The summed E-state index contributed by atoms with van der Waals surface area (Å²) in [5, 5.41) is 18.8. The highest BCUT2D eigenvalue weighted by Crippen LogP contribution is 2.65. The monoisotopic (exact) mass is 306 g/mol. The van der Waals surface area contributed by atoms with Crippen LogP contribution in [0.25, 0.3) is 0 Å². The molecule has 0 aromatic carbocycles. The van der Waals surface area contributed by atoms with Gasteiger partial charge in [0.15, 0.2) is 11.8 Å². The molecule has 0 radical (unpaired) electrons. The lowest BCUT2D eigenvalue weighted by Crippen LogP contribution is -2.39. The zero-order valence-electron chi connectivity index (χ0n) is 10.3. The van der Waals surface area contributed by atoms with E-state index in [0.29, 0.717) is 0 Å². The molecule has 6 atom stereocenters. The van der Waals surface area contributed by atoms with E-state index in [4.69, 9.17) is 16.3 Å². The number of fused-ring (bicyclic) bond motifs is 1. The van der Waals surface area contributed by atoms with Gasteiger partial charge in [0, 0.05) is 12.3 Å². The minimum absolute atomic E-state index is 0.604. The molecule has 1 aliphatic heterocycles. The van der Waals surface area contributed by atoms with Gasteiger partial charge in [-0.3, -0.25) is 14.3 Å². The lowest BCUT2D eigenvalue weighted by atomic mass is 10.1. The molecule has 0 amide bonds. The van der Waals surface area contributed by atoms with Crippen LogP contribution >= 0.6 is 11.6 Å². The second kappa shape index (κ2) is 3.91. The van der Waals surface area contributed by atoms with Crippen molar-refractivity contribution in [3.05, 3.63) is 33.1 Å². The molecule has 1 aromatic heterocycles. The summed E-state index contributed by atoms with van der Waals surface area (Å²) in [6.45, 7) is 1.13. The van der Waals surface area contributed by atoms with E-state index in [-0.39, 0.29) is 0 Å². The molecule has 20 heavy (non-hydrogen) atoms. The number of nitrogens with zero attached hydrogens (tertiary/aromatic N) is 1. The number of alkyl halides is 2. The largest absolute Gasteiger partial charge is 0.387 e. The first-order valence-corrected chi connectivity index (χ1v) is 6.38. The molecule has 1 saturated carbocycles. The highest BCUT2D eigenvalue weighted by Gasteiger charge is 2.89. The van der Waals surface area contributed by atoms with Crippen molar-refractivity contribution in [3.8, 4) is 0 Å². The Balaban J connectivity index is 2.04. The number of aliphatic hydroxyl groups is 2. The fraction of sp³-hybridized carbons (Fsp3) is 0.636. The van der Waals surface area contributed by atoms with Crippen molar-refractivity contribution in [2.24, 2.45) is 0 Å². The molecule has 3 N–H and O–H groups in total. The van der Waals surface area contributed by atoms with E-state index in [0.717, 1.165) is 23.8 Å². The van der Waals surface area contributed by atoms with Crippen LogP contribution in [0.5, 0.6) is 0 Å². The molecule has 0 bridgehead atoms. The van der Waals surface area contributed by atoms with Gasteiger partial charge in [0.05, 0.1) is 0 Å². The van der Waals surface area contributed by atoms with Crippen molar-refractivity contribution in [1.29, 1.82) is 0 Å². The number of ether oxygens (including phenoxy) is 1. The number of nitrogens with one attached hydrogen (secondary N) is 1. The predicted octanol–water partition coefficient (Wildman–Crippen LogP) is -1.12. The summed E-state index contributed by atoms with van der Waals surface area (Å²) in [6.07, 6.45) is -3.20. The van der Waals surface area contributed by atoms with Gasteiger partial charge in [-0.2, -0.15) is 0 Å². The lowest BCUT2D eigenvalue weighted by molar-refractivity contribution is -0.0966. The summed E-state index contributed by atoms with van der Waals surface area (Å²) in [4.78, 5) is 24.7. The van der Waals surface area contributed by atoms with E-state index in [1.807, 2.05) is 4.98 Å². The zero-order chi connectivity index (χ0) is 14.9. The predicted molar refractivity (Wildman–Crippen MR) is 65.3 cm³/mol. The molecule has 1 unspecified atom stereocenters. The van der Waals surface area contributed by atoms with E-state index < -0.39 is 46.3 Å². The van der Waals surface area contributed by atoms with E-state index in [1.165, 1.54) is 0 Å². The maximum absolute atomic E-state index is 13.7. The average Bonchev–Trinajstić information content (AvgIpc) is 2.73. The van der Waals surface area contributed by atoms with Gasteiger partial charge in [-0.15, -0.1) is 11.6 Å². The van der Waals surface area contributed by atoms with Crippen molar-refractivity contribution in [2.75, 3.05) is 0 Å². The number of halogens is 2. The molecular weight excluding hydrogens is 295 g/mol. The van der Waals surface area contributed by atoms with Gasteiger partial charge in [0.1, 0.15) is 23.3 Å². The van der Waals surface area contributed by atoms with Crippen molar-refractivity contribution < 1.29 is 19.3 Å². The molecule has 2 fully saturated rings. The third-order valence-electron chi connectivity index (χ3n) is 4.07. The van der Waals surface area contributed by atoms with Gasteiger partial charge in [0.2, 0.25) is 0 Å². The van der Waals surface area contributed by atoms with Crippen molar-refractivity contribution in [1.82, 2.24) is 9.55 Å². The Kier molecular flexibility index (Phi) is 2.69. The standard InChI is InChI=1S/C11H12ClFN2O5/c1-4(13)11-8(17)10(11,19)6(12)7(20-11)15-3-2-5(16)14-9(15)18/h2-4,6-8,17,19H,1H3,(H,14,16,18)/t4?,6-,7+,8-,10+,11+/m0/s1. The van der Waals surface area contributed by atoms with Gasteiger partial charge in [-0.1, -0.05) is 0 Å². The third-order valence-corrected chi connectivity index (χ3v) is 4.62. The number of rotatable bonds is 2. The minimum Gasteiger partial charge on any atom is -0.387 e. The first-order valence-electron chi connectivity index (χ1n) is 5.94. The van der Waals surface area contributed by atoms with E-state index in [9.17, 15) is 24.2 Å². The lowest BCUT2D eigenvalue weighted by Gasteiger charge is -2.23. The van der Waals surface area contributed by atoms with Gasteiger partial charge in [0.25, 0.3) is 5.56 Å². The summed E-state index contributed by atoms with van der Waals surface area (Å²) >= 11 is 6.03. The minimum atomic E-state index is -1.97. The summed E-state index contributed by atoms with van der Waals surface area (Å²) in [5.74, 6) is 0. The molecule has 7 nitrogen and oxygen atoms in total. The van der Waals surface area contributed by atoms with Crippen LogP contribution in [0.4, 0.5) is 4.39 Å². The Hall–Kier alpha value is -1.22. The molecule has 1 aliphatic carbocycles. The first kappa shape index (κ1) is 13.7. The van der Waals surface area contributed by atoms with Crippen LogP contribution in [0.3, 0.4) is 0 Å². The van der Waals surface area contributed by atoms with Crippen LogP contribution in [-0.2, 0) is 4.74 Å². The number of aromatic amines is 1. The molecule has 2 heterocycles. The Morgan fingerprint density at radius 2 is 2.25 bits per heavy atom. The van der Waals surface area contributed by atoms with Gasteiger partial charge >= 0.3 is 5.69 Å². The second-order valence-corrected chi connectivity index (χ2v) is 5.53. The maximum atomic E-state index is 13.7. The van der Waals surface area contributed by atoms with Gasteiger partial charge in [-0.25, -0.2) is 9.18 Å². The summed E-state index contributed by atoms with van der Waals surface area (Å²) < 4.78 is 20.0. The molecule has 1 saturated heterocycles. The van der Waals surface area contributed by atoms with Gasteiger partial charge < -0.3 is 14.9 Å². The van der Waals surface area contributed by atoms with Crippen LogP contribution in [0.2, 0.25) is 0 Å². The van der Waals surface area contributed by atoms with Crippen LogP contribution in [0.1, 0.15) is 13.2 Å². The topological polar surface area (TPSA) is 105 Å². The molecule has 1 aromatic rings. The summed E-state index contributed by atoms with van der Waals surface area (Å²) in [5.41, 5.74) is -5.22. The Morgan fingerprint density at radius 1 is 1.60 bits per heavy atom. The number of aliphatic hydroxyl groups excluding tert-OH is 1. The molecule has 2 aliphatic rings. The van der Waals surface area contributed by atoms with Crippen LogP contribution in [0, 0.1) is 0 Å². The summed E-state index contributed by atoms with van der Waals surface area (Å²) in [6, 6.07) is 1.07. The Labute approximate surface area is 116 Å². The first-order chi connectivity index (χ1) is 9.26. The van der Waals surface area contributed by atoms with E-state index in [2.05, 4.69) is 0 Å². The normalized spacial score (nSPS) is 44.1. The molecule has 0 spiro atoms. The Bertz CT molecular complexity index is 675. The van der Waals surface area contributed by atoms with Crippen LogP contribution < -0.4 is 11.2 Å². The third kappa shape index (κ3) is 1.34. The molecule has 9 heteroatoms. The van der Waals surface area contributed by atoms with Crippen LogP contribution in [-0.4, -0.2) is 48.6 Å². The quantitative estimate of drug-likeness (QED) is 0.600. The van der Waals surface area contributed by atoms with Crippen LogP contribution in [0.15, 0.2) is 21.9 Å². The maximum Gasteiger partial charge on any atom is 0.330 e. The molecule has 3 rings (SSSR count). The Morgan fingerprint density at radius 3 is 2.75 bits per heavy atom. The summed E-state index contributed by atoms with van der Waals surface area (Å²) in [7, 11) is 0. The van der Waals surface area contributed by atoms with Gasteiger partial charge in [-0.05, 0) is 6.92 Å². The van der Waals surface area contributed by atoms with E-state index >= 15 is 0 Å². The average molecular weight is 307 g/mol. The zero-order valence-corrected chi connectivity index (χ0v) is 11.0. The molecule has 110 valence electrons. The van der Waals surface area contributed by atoms with E-state index in [1.54, 1.807) is 0 Å². The highest BCUT2D eigenvalue weighted by atomic mass is 35.5. The SMILES string of the molecule is CC(F)[C@]12O[C@@H](n3ccc(=O)[nH]c3=O)[C@H](Cl)[C@@]1(O)[C@@H]2O. The van der Waals surface area contributed by atoms with Crippen molar-refractivity contribution in [3.63, 3.8) is 0 Å². The van der Waals surface area contributed by atoms with Crippen molar-refractivity contribution in [2.45, 2.75) is 42.0 Å². The number of H-pyrrole nitrogens is 1. The number of aromatic nitrogens is 2. The smallest absolute Gasteiger partial charge is 0.330 e. The number of hydrogen-bond acceptors (Lipinski definition) is 5. The van der Waals surface area contributed by atoms with Crippen molar-refractivity contribution >= 4 is 11.6 Å². The number of hydrogen-bond donors (Lipinski definition) is 3.